The summed E-state index contributed by atoms with van der Waals surface area (Å²) in [5, 5.41) is 10.6. The van der Waals surface area contributed by atoms with Crippen molar-refractivity contribution in [3.63, 3.8) is 0 Å². The third-order valence-corrected chi connectivity index (χ3v) is 5.97. The molecule has 3 fully saturated rings. The normalized spacial score (nSPS) is 42.9. The van der Waals surface area contributed by atoms with Gasteiger partial charge in [0, 0.05) is 18.0 Å². The Kier molecular flexibility index (Phi) is 4.71. The van der Waals surface area contributed by atoms with Crippen molar-refractivity contribution in [2.45, 2.75) is 57.8 Å². The second-order valence-electron chi connectivity index (χ2n) is 7.47. The van der Waals surface area contributed by atoms with Gasteiger partial charge in [-0.2, -0.15) is 0 Å². The van der Waals surface area contributed by atoms with E-state index in [2.05, 4.69) is 4.90 Å². The van der Waals surface area contributed by atoms with E-state index in [0.29, 0.717) is 5.57 Å². The van der Waals surface area contributed by atoms with Gasteiger partial charge in [-0.1, -0.05) is 13.0 Å². The van der Waals surface area contributed by atoms with E-state index in [1.807, 2.05) is 0 Å². The Balaban J connectivity index is 1.89. The van der Waals surface area contributed by atoms with Crippen LogP contribution in [0.3, 0.4) is 0 Å². The molecule has 1 N–H and O–H groups in total. The molecule has 3 saturated heterocycles. The van der Waals surface area contributed by atoms with Crippen molar-refractivity contribution < 1.29 is 24.2 Å². The van der Waals surface area contributed by atoms with E-state index in [1.165, 1.54) is 6.92 Å². The fourth-order valence-corrected chi connectivity index (χ4v) is 4.11. The lowest BCUT2D eigenvalue weighted by atomic mass is 9.85. The Morgan fingerprint density at radius 3 is 2.71 bits per heavy atom. The third-order valence-electron chi connectivity index (χ3n) is 5.97. The Hall–Kier alpha value is -1.40. The first-order valence-corrected chi connectivity index (χ1v) is 8.84. The molecule has 3 aliphatic rings. The van der Waals surface area contributed by atoms with Gasteiger partial charge in [-0.3, -0.25) is 4.90 Å². The van der Waals surface area contributed by atoms with E-state index >= 15 is 0 Å². The van der Waals surface area contributed by atoms with Crippen LogP contribution in [-0.2, 0) is 19.1 Å². The van der Waals surface area contributed by atoms with E-state index in [-0.39, 0.29) is 37.1 Å². The van der Waals surface area contributed by atoms with E-state index < -0.39 is 17.5 Å². The zero-order valence-corrected chi connectivity index (χ0v) is 14.7. The van der Waals surface area contributed by atoms with Crippen LogP contribution >= 0.6 is 0 Å². The number of carbonyl (C=O) groups excluding carboxylic acids is 2. The van der Waals surface area contributed by atoms with Crippen LogP contribution in [0.4, 0.5) is 0 Å². The summed E-state index contributed by atoms with van der Waals surface area (Å²) >= 11 is 0. The minimum absolute atomic E-state index is 0.113. The molecule has 3 rings (SSSR count). The molecular weight excluding hydrogens is 310 g/mol. The molecule has 0 aromatic carbocycles. The highest BCUT2D eigenvalue weighted by Gasteiger charge is 2.48. The zero-order valence-electron chi connectivity index (χ0n) is 14.7. The zero-order chi connectivity index (χ0) is 17.5. The van der Waals surface area contributed by atoms with Crippen molar-refractivity contribution >= 4 is 11.9 Å². The lowest BCUT2D eigenvalue weighted by molar-refractivity contribution is -0.172. The molecule has 134 valence electrons. The molecule has 0 bridgehead atoms. The van der Waals surface area contributed by atoms with Gasteiger partial charge in [-0.05, 0) is 45.6 Å². The SMILES string of the molecule is C/C=C1/C[C@@H](C)C(C)(O)C(=O)OC[C@H]2CCN3CC[C@@H](OC1=O)[C@@H]23. The van der Waals surface area contributed by atoms with Crippen molar-refractivity contribution in [3.8, 4) is 0 Å². The standard InChI is InChI=1S/C18H27NO5/c1-4-12-9-11(2)18(3,22)17(21)23-10-13-5-7-19-8-6-14(15(13)19)24-16(12)20/h4,11,13-15,22H,5-10H2,1-3H3/b12-4-/t11-,13-,14-,15-,18?/m1/s1. The smallest absolute Gasteiger partial charge is 0.338 e. The van der Waals surface area contributed by atoms with Gasteiger partial charge in [-0.15, -0.1) is 0 Å². The van der Waals surface area contributed by atoms with Crippen molar-refractivity contribution in [2.24, 2.45) is 11.8 Å². The average molecular weight is 337 g/mol. The Morgan fingerprint density at radius 2 is 2.00 bits per heavy atom. The number of allylic oxidation sites excluding steroid dienone is 1. The van der Waals surface area contributed by atoms with Gasteiger partial charge >= 0.3 is 11.9 Å². The molecule has 6 heteroatoms. The number of aliphatic hydroxyl groups is 1. The van der Waals surface area contributed by atoms with Gasteiger partial charge in [0.2, 0.25) is 0 Å². The Bertz CT molecular complexity index is 556. The van der Waals surface area contributed by atoms with E-state index in [9.17, 15) is 14.7 Å². The quantitative estimate of drug-likeness (QED) is 0.530. The number of hydrogen-bond acceptors (Lipinski definition) is 6. The Morgan fingerprint density at radius 1 is 1.29 bits per heavy atom. The van der Waals surface area contributed by atoms with Crippen LogP contribution in [0.1, 0.15) is 40.0 Å². The number of ether oxygens (including phenoxy) is 2. The first-order chi connectivity index (χ1) is 11.3. The van der Waals surface area contributed by atoms with Crippen molar-refractivity contribution in [3.05, 3.63) is 11.6 Å². The number of hydrogen-bond donors (Lipinski definition) is 1. The molecule has 0 aliphatic carbocycles. The largest absolute Gasteiger partial charge is 0.463 e. The summed E-state index contributed by atoms with van der Waals surface area (Å²) in [6, 6.07) is 0.113. The molecule has 0 spiro atoms. The summed E-state index contributed by atoms with van der Waals surface area (Å²) in [5.41, 5.74) is -1.12. The van der Waals surface area contributed by atoms with Crippen LogP contribution in [0, 0.1) is 11.8 Å². The highest BCUT2D eigenvalue weighted by atomic mass is 16.6. The van der Waals surface area contributed by atoms with Crippen molar-refractivity contribution in [2.75, 3.05) is 19.7 Å². The number of rotatable bonds is 0. The molecule has 0 aromatic heterocycles. The summed E-state index contributed by atoms with van der Waals surface area (Å²) < 4.78 is 11.3. The van der Waals surface area contributed by atoms with Crippen LogP contribution in [-0.4, -0.2) is 59.4 Å². The van der Waals surface area contributed by atoms with Crippen LogP contribution < -0.4 is 0 Å². The molecule has 3 heterocycles. The molecule has 3 aliphatic heterocycles. The maximum absolute atomic E-state index is 12.6. The molecule has 6 nitrogen and oxygen atoms in total. The van der Waals surface area contributed by atoms with Crippen LogP contribution in [0.5, 0.6) is 0 Å². The van der Waals surface area contributed by atoms with E-state index in [0.717, 1.165) is 25.9 Å². The molecule has 0 radical (unpaired) electrons. The first-order valence-electron chi connectivity index (χ1n) is 8.84. The number of carbonyl (C=O) groups is 2. The summed E-state index contributed by atoms with van der Waals surface area (Å²) in [6.07, 6.45) is 3.59. The molecule has 0 aromatic rings. The second kappa shape index (κ2) is 6.48. The molecule has 1 unspecified atom stereocenters. The summed E-state index contributed by atoms with van der Waals surface area (Å²) in [7, 11) is 0. The second-order valence-corrected chi connectivity index (χ2v) is 7.47. The van der Waals surface area contributed by atoms with E-state index in [1.54, 1.807) is 19.9 Å². The van der Waals surface area contributed by atoms with Crippen molar-refractivity contribution in [1.82, 2.24) is 4.90 Å². The molecule has 5 atom stereocenters. The summed E-state index contributed by atoms with van der Waals surface area (Å²) in [5.74, 6) is -1.23. The number of cyclic esters (lactones) is 1. The maximum atomic E-state index is 12.6. The predicted molar refractivity (Wildman–Crippen MR) is 87.1 cm³/mol. The van der Waals surface area contributed by atoms with Gasteiger partial charge < -0.3 is 14.6 Å². The molecule has 24 heavy (non-hydrogen) atoms. The van der Waals surface area contributed by atoms with Gasteiger partial charge in [-0.25, -0.2) is 9.59 Å². The minimum atomic E-state index is -1.62. The topological polar surface area (TPSA) is 76.1 Å². The van der Waals surface area contributed by atoms with Gasteiger partial charge in [0.1, 0.15) is 6.10 Å². The average Bonchev–Trinajstić information content (AvgIpc) is 3.12. The van der Waals surface area contributed by atoms with E-state index in [4.69, 9.17) is 9.47 Å². The minimum Gasteiger partial charge on any atom is -0.463 e. The fourth-order valence-electron chi connectivity index (χ4n) is 4.11. The summed E-state index contributed by atoms with van der Waals surface area (Å²) in [4.78, 5) is 27.3. The predicted octanol–water partition coefficient (Wildman–Crippen LogP) is 1.27. The third kappa shape index (κ3) is 2.97. The van der Waals surface area contributed by atoms with Crippen molar-refractivity contribution in [1.29, 1.82) is 0 Å². The molecular formula is C18H27NO5. The first kappa shape index (κ1) is 17.4. The molecule has 0 amide bonds. The molecule has 0 saturated carbocycles. The van der Waals surface area contributed by atoms with Crippen LogP contribution in [0.15, 0.2) is 11.6 Å². The van der Waals surface area contributed by atoms with Crippen LogP contribution in [0.2, 0.25) is 0 Å². The van der Waals surface area contributed by atoms with Gasteiger partial charge in [0.15, 0.2) is 5.60 Å². The maximum Gasteiger partial charge on any atom is 0.338 e. The fraction of sp³-hybridized carbons (Fsp3) is 0.778. The highest BCUT2D eigenvalue weighted by molar-refractivity contribution is 5.89. The van der Waals surface area contributed by atoms with Crippen LogP contribution in [0.25, 0.3) is 0 Å². The lowest BCUT2D eigenvalue weighted by Crippen LogP contribution is -2.46. The highest BCUT2D eigenvalue weighted by Crippen LogP contribution is 2.36. The lowest BCUT2D eigenvalue weighted by Gasteiger charge is -2.32. The van der Waals surface area contributed by atoms with Gasteiger partial charge in [0.05, 0.1) is 12.6 Å². The Labute approximate surface area is 142 Å². The monoisotopic (exact) mass is 337 g/mol. The van der Waals surface area contributed by atoms with Gasteiger partial charge in [0.25, 0.3) is 0 Å². The number of nitrogens with zero attached hydrogens (tertiary/aromatic N) is 1. The number of esters is 2. The summed E-state index contributed by atoms with van der Waals surface area (Å²) in [6.45, 7) is 7.11.